The Balaban J connectivity index is 1.85. The summed E-state index contributed by atoms with van der Waals surface area (Å²) in [5.41, 5.74) is 1.85. The lowest BCUT2D eigenvalue weighted by atomic mass is 10.2. The first-order chi connectivity index (χ1) is 10.7. The van der Waals surface area contributed by atoms with Crippen LogP contribution in [0.4, 0.5) is 5.69 Å². The number of hydrogen-bond acceptors (Lipinski definition) is 5. The topological polar surface area (TPSA) is 59.6 Å². The number of carbonyl (C=O) groups excluding carboxylic acids is 1. The van der Waals surface area contributed by atoms with Crippen LogP contribution in [0.1, 0.15) is 13.3 Å². The average Bonchev–Trinajstić information content (AvgIpc) is 2.76. The Morgan fingerprint density at radius 1 is 1.27 bits per heavy atom. The summed E-state index contributed by atoms with van der Waals surface area (Å²) in [6, 6.07) is 5.48. The Bertz CT molecular complexity index is 546. The van der Waals surface area contributed by atoms with Gasteiger partial charge < -0.3 is 20.1 Å². The summed E-state index contributed by atoms with van der Waals surface area (Å²) < 4.78 is 11.2. The van der Waals surface area contributed by atoms with E-state index in [0.717, 1.165) is 29.3 Å². The maximum Gasteiger partial charge on any atom is 0.234 e. The van der Waals surface area contributed by atoms with Crippen LogP contribution in [-0.4, -0.2) is 37.7 Å². The highest BCUT2D eigenvalue weighted by Crippen LogP contribution is 2.32. The quantitative estimate of drug-likeness (QED) is 0.843. The van der Waals surface area contributed by atoms with Gasteiger partial charge in [-0.15, -0.1) is 11.8 Å². The molecule has 1 heterocycles. The van der Waals surface area contributed by atoms with Crippen LogP contribution in [0, 0.1) is 0 Å². The molecule has 0 radical (unpaired) electrons. The molecule has 6 heteroatoms. The summed E-state index contributed by atoms with van der Waals surface area (Å²) in [6.07, 6.45) is 2.88. The van der Waals surface area contributed by atoms with Crippen LogP contribution in [0.25, 0.3) is 0 Å². The van der Waals surface area contributed by atoms with Crippen LogP contribution in [-0.2, 0) is 4.79 Å². The lowest BCUT2D eigenvalue weighted by Gasteiger charge is -2.10. The predicted molar refractivity (Wildman–Crippen MR) is 90.8 cm³/mol. The van der Waals surface area contributed by atoms with E-state index in [9.17, 15) is 4.79 Å². The van der Waals surface area contributed by atoms with E-state index < -0.39 is 0 Å². The standard InChI is InChI=1S/C16H22N2O3S/c1-3-12(17-2)10-22-11-16(19)18-13-5-6-14-15(9-13)21-8-4-7-20-14/h3,5-6,9,17H,4,7-8,10-11H2,1-2H3,(H,18,19)/b12-3-. The second kappa shape index (κ2) is 8.58. The summed E-state index contributed by atoms with van der Waals surface area (Å²) in [7, 11) is 1.88. The van der Waals surface area contributed by atoms with Crippen LogP contribution < -0.4 is 20.1 Å². The zero-order chi connectivity index (χ0) is 15.8. The largest absolute Gasteiger partial charge is 0.490 e. The van der Waals surface area contributed by atoms with E-state index in [2.05, 4.69) is 10.6 Å². The molecule has 0 bridgehead atoms. The molecule has 0 atom stereocenters. The molecule has 1 amide bonds. The zero-order valence-electron chi connectivity index (χ0n) is 13.0. The first-order valence-corrected chi connectivity index (χ1v) is 8.48. The summed E-state index contributed by atoms with van der Waals surface area (Å²) in [5, 5.41) is 5.98. The number of carbonyl (C=O) groups is 1. The Morgan fingerprint density at radius 2 is 2.05 bits per heavy atom. The second-order valence-corrected chi connectivity index (χ2v) is 5.80. The molecule has 5 nitrogen and oxygen atoms in total. The molecule has 0 spiro atoms. The van der Waals surface area contributed by atoms with E-state index in [0.29, 0.717) is 24.7 Å². The normalized spacial score (nSPS) is 14.2. The minimum absolute atomic E-state index is 0.0222. The summed E-state index contributed by atoms with van der Waals surface area (Å²) in [4.78, 5) is 12.0. The molecule has 0 aromatic heterocycles. The summed E-state index contributed by atoms with van der Waals surface area (Å²) in [6.45, 7) is 3.27. The fraction of sp³-hybridized carbons (Fsp3) is 0.438. The van der Waals surface area contributed by atoms with Crippen molar-refractivity contribution in [3.63, 3.8) is 0 Å². The number of allylic oxidation sites excluding steroid dienone is 1. The molecule has 0 unspecified atom stereocenters. The molecule has 1 aromatic carbocycles. The van der Waals surface area contributed by atoms with E-state index in [1.54, 1.807) is 11.8 Å². The van der Waals surface area contributed by atoms with Crippen molar-refractivity contribution in [1.82, 2.24) is 5.32 Å². The first kappa shape index (κ1) is 16.5. The maximum absolute atomic E-state index is 12.0. The smallest absolute Gasteiger partial charge is 0.234 e. The number of fused-ring (bicyclic) bond motifs is 1. The van der Waals surface area contributed by atoms with Crippen LogP contribution >= 0.6 is 11.8 Å². The van der Waals surface area contributed by atoms with Crippen molar-refractivity contribution >= 4 is 23.4 Å². The molecular formula is C16H22N2O3S. The predicted octanol–water partition coefficient (Wildman–Crippen LogP) is 2.64. The van der Waals surface area contributed by atoms with Gasteiger partial charge in [0.05, 0.1) is 19.0 Å². The molecule has 1 aromatic rings. The highest BCUT2D eigenvalue weighted by atomic mass is 32.2. The molecule has 1 aliphatic heterocycles. The van der Waals surface area contributed by atoms with Gasteiger partial charge >= 0.3 is 0 Å². The number of ether oxygens (including phenoxy) is 2. The molecule has 2 N–H and O–H groups in total. The van der Waals surface area contributed by atoms with E-state index in [4.69, 9.17) is 9.47 Å². The molecule has 0 fully saturated rings. The molecule has 0 saturated heterocycles. The average molecular weight is 322 g/mol. The van der Waals surface area contributed by atoms with Crippen LogP contribution in [0.5, 0.6) is 11.5 Å². The Labute approximate surface area is 135 Å². The number of thioether (sulfide) groups is 1. The molecule has 0 aliphatic carbocycles. The zero-order valence-corrected chi connectivity index (χ0v) is 13.8. The minimum Gasteiger partial charge on any atom is -0.490 e. The van der Waals surface area contributed by atoms with Gasteiger partial charge in [-0.3, -0.25) is 4.79 Å². The maximum atomic E-state index is 12.0. The molecule has 2 rings (SSSR count). The lowest BCUT2D eigenvalue weighted by Crippen LogP contribution is -2.16. The van der Waals surface area contributed by atoms with Gasteiger partial charge in [-0.25, -0.2) is 0 Å². The molecule has 1 aliphatic rings. The van der Waals surface area contributed by atoms with E-state index >= 15 is 0 Å². The minimum atomic E-state index is -0.0222. The van der Waals surface area contributed by atoms with Gasteiger partial charge in [-0.1, -0.05) is 6.08 Å². The first-order valence-electron chi connectivity index (χ1n) is 7.33. The van der Waals surface area contributed by atoms with E-state index in [1.165, 1.54) is 0 Å². The van der Waals surface area contributed by atoms with Gasteiger partial charge in [0.1, 0.15) is 0 Å². The van der Waals surface area contributed by atoms with Crippen molar-refractivity contribution < 1.29 is 14.3 Å². The van der Waals surface area contributed by atoms with Gasteiger partial charge in [-0.05, 0) is 19.1 Å². The van der Waals surface area contributed by atoms with Gasteiger partial charge in [0.15, 0.2) is 11.5 Å². The number of rotatable bonds is 6. The van der Waals surface area contributed by atoms with Crippen molar-refractivity contribution in [2.24, 2.45) is 0 Å². The molecule has 120 valence electrons. The fourth-order valence-corrected chi connectivity index (χ4v) is 2.88. The Hall–Kier alpha value is -1.82. The Kier molecular flexibility index (Phi) is 6.45. The van der Waals surface area contributed by atoms with Gasteiger partial charge in [0.25, 0.3) is 0 Å². The molecular weight excluding hydrogens is 300 g/mol. The Morgan fingerprint density at radius 3 is 2.77 bits per heavy atom. The monoisotopic (exact) mass is 322 g/mol. The summed E-state index contributed by atoms with van der Waals surface area (Å²) >= 11 is 1.57. The third-order valence-electron chi connectivity index (χ3n) is 3.19. The van der Waals surface area contributed by atoms with Gasteiger partial charge in [0, 0.05) is 36.7 Å². The fourth-order valence-electron chi connectivity index (χ4n) is 1.99. The number of nitrogens with one attached hydrogen (secondary N) is 2. The third-order valence-corrected chi connectivity index (χ3v) is 4.17. The van der Waals surface area contributed by atoms with Crippen LogP contribution in [0.2, 0.25) is 0 Å². The molecule has 22 heavy (non-hydrogen) atoms. The SMILES string of the molecule is C/C=C(/CSCC(=O)Nc1ccc2c(c1)OCCCO2)NC. The van der Waals surface area contributed by atoms with Crippen molar-refractivity contribution in [2.45, 2.75) is 13.3 Å². The number of amides is 1. The van der Waals surface area contributed by atoms with Crippen molar-refractivity contribution in [2.75, 3.05) is 37.1 Å². The molecule has 0 saturated carbocycles. The van der Waals surface area contributed by atoms with Crippen LogP contribution in [0.15, 0.2) is 30.0 Å². The van der Waals surface area contributed by atoms with Gasteiger partial charge in [-0.2, -0.15) is 0 Å². The number of anilines is 1. The van der Waals surface area contributed by atoms with Gasteiger partial charge in [0.2, 0.25) is 5.91 Å². The highest BCUT2D eigenvalue weighted by Gasteiger charge is 2.11. The van der Waals surface area contributed by atoms with Crippen molar-refractivity contribution in [3.05, 3.63) is 30.0 Å². The lowest BCUT2D eigenvalue weighted by molar-refractivity contribution is -0.113. The third kappa shape index (κ3) is 4.87. The number of hydrogen-bond donors (Lipinski definition) is 2. The highest BCUT2D eigenvalue weighted by molar-refractivity contribution is 8.00. The van der Waals surface area contributed by atoms with E-state index in [1.807, 2.05) is 38.2 Å². The van der Waals surface area contributed by atoms with E-state index in [-0.39, 0.29) is 5.91 Å². The van der Waals surface area contributed by atoms with Crippen LogP contribution in [0.3, 0.4) is 0 Å². The number of benzene rings is 1. The summed E-state index contributed by atoms with van der Waals surface area (Å²) in [5.74, 6) is 2.60. The second-order valence-electron chi connectivity index (χ2n) is 4.82. The van der Waals surface area contributed by atoms with Crippen molar-refractivity contribution in [3.8, 4) is 11.5 Å². The van der Waals surface area contributed by atoms with Crippen molar-refractivity contribution in [1.29, 1.82) is 0 Å².